The molecule has 1 aromatic carbocycles. The summed E-state index contributed by atoms with van der Waals surface area (Å²) < 4.78 is 0. The summed E-state index contributed by atoms with van der Waals surface area (Å²) in [5.74, 6) is 11.3. The number of ketones is 2. The number of fused-ring (bicyclic) bond motifs is 1. The summed E-state index contributed by atoms with van der Waals surface area (Å²) in [6.07, 6.45) is 3.43. The summed E-state index contributed by atoms with van der Waals surface area (Å²) in [6.45, 7) is 0. The Morgan fingerprint density at radius 2 is 1.20 bits per heavy atom. The fourth-order valence-corrected chi connectivity index (χ4v) is 2.34. The van der Waals surface area contributed by atoms with Gasteiger partial charge in [0, 0.05) is 24.0 Å². The maximum Gasteiger partial charge on any atom is 0.203 e. The van der Waals surface area contributed by atoms with Gasteiger partial charge in [-0.05, 0) is 12.8 Å². The quantitative estimate of drug-likeness (QED) is 0.672. The van der Waals surface area contributed by atoms with Crippen LogP contribution in [-0.2, 0) is 0 Å². The largest absolute Gasteiger partial charge is 0.288 e. The van der Waals surface area contributed by atoms with Crippen LogP contribution in [0.5, 0.6) is 0 Å². The molecule has 0 aliphatic heterocycles. The van der Waals surface area contributed by atoms with Gasteiger partial charge in [-0.2, -0.15) is 0 Å². The van der Waals surface area contributed by atoms with Crippen molar-refractivity contribution in [2.75, 3.05) is 0 Å². The van der Waals surface area contributed by atoms with Gasteiger partial charge >= 0.3 is 0 Å². The molecule has 3 rings (SSSR count). The average Bonchev–Trinajstić information content (AvgIpc) is 2.49. The Morgan fingerprint density at radius 1 is 0.750 bits per heavy atom. The molecule has 0 bridgehead atoms. The molecule has 0 amide bonds. The molecular weight excluding hydrogens is 248 g/mol. The zero-order valence-electron chi connectivity index (χ0n) is 11.0. The van der Waals surface area contributed by atoms with Crippen LogP contribution in [0.1, 0.15) is 46.4 Å². The third kappa shape index (κ3) is 2.06. The molecule has 0 unspecified atom stereocenters. The van der Waals surface area contributed by atoms with Crippen molar-refractivity contribution in [2.24, 2.45) is 0 Å². The number of rotatable bonds is 0. The van der Waals surface area contributed by atoms with E-state index >= 15 is 0 Å². The lowest BCUT2D eigenvalue weighted by molar-refractivity contribution is 0.0982. The van der Waals surface area contributed by atoms with E-state index in [4.69, 9.17) is 0 Å². The molecule has 0 saturated heterocycles. The third-order valence-electron chi connectivity index (χ3n) is 3.40. The molecule has 0 saturated carbocycles. The van der Waals surface area contributed by atoms with E-state index in [0.717, 1.165) is 25.7 Å². The predicted octanol–water partition coefficient (Wildman–Crippen LogP) is 2.94. The van der Waals surface area contributed by atoms with Crippen molar-refractivity contribution in [2.45, 2.75) is 25.7 Å². The molecule has 96 valence electrons. The fourth-order valence-electron chi connectivity index (χ4n) is 2.34. The molecule has 0 N–H and O–H groups in total. The van der Waals surface area contributed by atoms with Crippen molar-refractivity contribution in [3.63, 3.8) is 0 Å². The molecule has 0 aromatic heterocycles. The van der Waals surface area contributed by atoms with Crippen LogP contribution in [0.2, 0.25) is 0 Å². The van der Waals surface area contributed by atoms with E-state index in [1.807, 2.05) is 0 Å². The van der Waals surface area contributed by atoms with Crippen molar-refractivity contribution in [1.29, 1.82) is 0 Å². The smallest absolute Gasteiger partial charge is 0.203 e. The Labute approximate surface area is 117 Å². The Morgan fingerprint density at radius 3 is 1.65 bits per heavy atom. The summed E-state index contributed by atoms with van der Waals surface area (Å²) in [5, 5.41) is 0. The number of hydrogen-bond donors (Lipinski definition) is 0. The minimum atomic E-state index is -0.183. The van der Waals surface area contributed by atoms with Gasteiger partial charge in [0.2, 0.25) is 11.6 Å². The second-order valence-electron chi connectivity index (χ2n) is 4.76. The summed E-state index contributed by atoms with van der Waals surface area (Å²) in [5.41, 5.74) is 1.40. The maximum atomic E-state index is 12.5. The van der Waals surface area contributed by atoms with Crippen LogP contribution in [0.25, 0.3) is 0 Å². The number of hydrogen-bond acceptors (Lipinski definition) is 2. The van der Waals surface area contributed by atoms with Crippen LogP contribution in [0.15, 0.2) is 35.4 Å². The SMILES string of the molecule is O=C1C2=C(C#CCCCCC#C2)C(=O)c2ccccc21. The molecule has 2 aliphatic rings. The standard InChI is InChI=1S/C18H12O2/c19-17-13-9-5-3-1-2-4-6-10-14(13)18(20)16-12-8-7-11-15(16)17/h7-8,11-12H,1-4H2. The van der Waals surface area contributed by atoms with E-state index in [2.05, 4.69) is 23.7 Å². The molecule has 20 heavy (non-hydrogen) atoms. The molecule has 0 atom stereocenters. The Hall–Kier alpha value is -2.58. The van der Waals surface area contributed by atoms with Crippen molar-refractivity contribution >= 4 is 11.6 Å². The molecule has 2 aliphatic carbocycles. The number of carbonyl (C=O) groups excluding carboxylic acids is 2. The highest BCUT2D eigenvalue weighted by atomic mass is 16.1. The second-order valence-corrected chi connectivity index (χ2v) is 4.76. The Balaban J connectivity index is 2.21. The first kappa shape index (κ1) is 12.5. The first-order valence-electron chi connectivity index (χ1n) is 6.69. The van der Waals surface area contributed by atoms with E-state index in [0.29, 0.717) is 11.1 Å². The summed E-state index contributed by atoms with van der Waals surface area (Å²) in [6, 6.07) is 6.87. The predicted molar refractivity (Wildman–Crippen MR) is 76.1 cm³/mol. The van der Waals surface area contributed by atoms with Crippen LogP contribution in [0.3, 0.4) is 0 Å². The van der Waals surface area contributed by atoms with E-state index < -0.39 is 0 Å². The van der Waals surface area contributed by atoms with Gasteiger partial charge in [0.15, 0.2) is 0 Å². The van der Waals surface area contributed by atoms with E-state index in [-0.39, 0.29) is 22.7 Å². The van der Waals surface area contributed by atoms with Gasteiger partial charge in [0.25, 0.3) is 0 Å². The maximum absolute atomic E-state index is 12.5. The number of Topliss-reactive ketones (excluding diaryl/α,β-unsaturated/α-hetero) is 2. The van der Waals surface area contributed by atoms with Crippen LogP contribution in [0, 0.1) is 23.7 Å². The van der Waals surface area contributed by atoms with Crippen LogP contribution in [0.4, 0.5) is 0 Å². The van der Waals surface area contributed by atoms with Crippen molar-refractivity contribution < 1.29 is 9.59 Å². The van der Waals surface area contributed by atoms with Gasteiger partial charge in [-0.1, -0.05) is 47.9 Å². The number of carbonyl (C=O) groups is 2. The zero-order valence-corrected chi connectivity index (χ0v) is 11.0. The topological polar surface area (TPSA) is 34.1 Å². The van der Waals surface area contributed by atoms with E-state index in [9.17, 15) is 9.59 Å². The molecule has 0 radical (unpaired) electrons. The summed E-state index contributed by atoms with van der Waals surface area (Å²) in [7, 11) is 0. The van der Waals surface area contributed by atoms with Crippen LogP contribution in [-0.4, -0.2) is 11.6 Å². The van der Waals surface area contributed by atoms with E-state index in [1.165, 1.54) is 0 Å². The summed E-state index contributed by atoms with van der Waals surface area (Å²) >= 11 is 0. The highest BCUT2D eigenvalue weighted by Gasteiger charge is 2.30. The Kier molecular flexibility index (Phi) is 3.23. The number of benzene rings is 1. The monoisotopic (exact) mass is 260 g/mol. The van der Waals surface area contributed by atoms with Crippen molar-refractivity contribution in [3.8, 4) is 23.7 Å². The van der Waals surface area contributed by atoms with Gasteiger partial charge in [-0.3, -0.25) is 9.59 Å². The highest BCUT2D eigenvalue weighted by Crippen LogP contribution is 2.26. The first-order valence-corrected chi connectivity index (χ1v) is 6.69. The van der Waals surface area contributed by atoms with Gasteiger partial charge in [-0.25, -0.2) is 0 Å². The Bertz CT molecular complexity index is 693. The average molecular weight is 260 g/mol. The van der Waals surface area contributed by atoms with E-state index in [1.54, 1.807) is 24.3 Å². The van der Waals surface area contributed by atoms with Crippen molar-refractivity contribution in [3.05, 3.63) is 46.5 Å². The zero-order chi connectivity index (χ0) is 13.9. The normalized spacial score (nSPS) is 17.2. The molecule has 0 heterocycles. The molecule has 2 heteroatoms. The molecule has 0 spiro atoms. The molecular formula is C18H12O2. The lowest BCUT2D eigenvalue weighted by Gasteiger charge is -2.15. The van der Waals surface area contributed by atoms with Gasteiger partial charge in [-0.15, -0.1) is 0 Å². The van der Waals surface area contributed by atoms with Crippen LogP contribution >= 0.6 is 0 Å². The lowest BCUT2D eigenvalue weighted by Crippen LogP contribution is -2.21. The lowest BCUT2D eigenvalue weighted by atomic mass is 9.84. The third-order valence-corrected chi connectivity index (χ3v) is 3.40. The van der Waals surface area contributed by atoms with Gasteiger partial charge < -0.3 is 0 Å². The first-order chi connectivity index (χ1) is 9.79. The minimum absolute atomic E-state index is 0.183. The van der Waals surface area contributed by atoms with Gasteiger partial charge in [0.05, 0.1) is 11.1 Å². The van der Waals surface area contributed by atoms with Gasteiger partial charge in [0.1, 0.15) is 0 Å². The molecule has 0 fully saturated rings. The van der Waals surface area contributed by atoms with Crippen LogP contribution < -0.4 is 0 Å². The van der Waals surface area contributed by atoms with Crippen molar-refractivity contribution in [1.82, 2.24) is 0 Å². The molecule has 2 nitrogen and oxygen atoms in total. The molecule has 1 aromatic rings. The highest BCUT2D eigenvalue weighted by molar-refractivity contribution is 6.30. The fraction of sp³-hybridized carbons (Fsp3) is 0.222. The summed E-state index contributed by atoms with van der Waals surface area (Å²) in [4.78, 5) is 25.0. The minimum Gasteiger partial charge on any atom is -0.288 e. The number of allylic oxidation sites excluding steroid dienone is 2. The second kappa shape index (κ2) is 5.19.